The van der Waals surface area contributed by atoms with Gasteiger partial charge >= 0.3 is 0 Å². The van der Waals surface area contributed by atoms with Gasteiger partial charge in [-0.05, 0) is 38.3 Å². The van der Waals surface area contributed by atoms with E-state index in [1.807, 2.05) is 12.1 Å². The van der Waals surface area contributed by atoms with Crippen molar-refractivity contribution in [2.45, 2.75) is 45.2 Å². The number of carbonyl (C=O) groups is 1. The second kappa shape index (κ2) is 6.75. The Morgan fingerprint density at radius 2 is 2.20 bits per heavy atom. The summed E-state index contributed by atoms with van der Waals surface area (Å²) in [6.45, 7) is 6.37. The molecule has 1 aromatic rings. The van der Waals surface area contributed by atoms with Gasteiger partial charge in [0.1, 0.15) is 5.75 Å². The van der Waals surface area contributed by atoms with Gasteiger partial charge in [-0.1, -0.05) is 18.2 Å². The fourth-order valence-electron chi connectivity index (χ4n) is 2.64. The number of carbonyl (C=O) groups excluding carboxylic acids is 1. The van der Waals surface area contributed by atoms with Crippen LogP contribution in [0.3, 0.4) is 0 Å². The Balaban J connectivity index is 1.75. The van der Waals surface area contributed by atoms with Crippen LogP contribution in [-0.4, -0.2) is 41.1 Å². The maximum absolute atomic E-state index is 11.9. The summed E-state index contributed by atoms with van der Waals surface area (Å²) in [6, 6.07) is 8.00. The Labute approximate surface area is 120 Å². The molecule has 0 saturated carbocycles. The van der Waals surface area contributed by atoms with Crippen LogP contribution in [-0.2, 0) is 11.2 Å². The van der Waals surface area contributed by atoms with Crippen LogP contribution in [0.25, 0.3) is 0 Å². The molecule has 0 aromatic heterocycles. The molecule has 2 N–H and O–H groups in total. The maximum atomic E-state index is 11.9. The number of benzene rings is 1. The maximum Gasteiger partial charge on any atom is 0.220 e. The van der Waals surface area contributed by atoms with Crippen molar-refractivity contribution in [1.29, 1.82) is 0 Å². The molecule has 1 saturated heterocycles. The van der Waals surface area contributed by atoms with Crippen molar-refractivity contribution < 1.29 is 9.90 Å². The zero-order valence-corrected chi connectivity index (χ0v) is 12.3. The minimum absolute atomic E-state index is 0.0730. The highest BCUT2D eigenvalue weighted by molar-refractivity contribution is 5.76. The van der Waals surface area contributed by atoms with E-state index in [9.17, 15) is 9.90 Å². The van der Waals surface area contributed by atoms with Crippen LogP contribution in [0.5, 0.6) is 5.75 Å². The smallest absolute Gasteiger partial charge is 0.220 e. The topological polar surface area (TPSA) is 52.6 Å². The van der Waals surface area contributed by atoms with Crippen LogP contribution >= 0.6 is 0 Å². The summed E-state index contributed by atoms with van der Waals surface area (Å²) in [7, 11) is 0. The highest BCUT2D eigenvalue weighted by Gasteiger charge is 2.25. The summed E-state index contributed by atoms with van der Waals surface area (Å²) in [5, 5.41) is 12.8. The number of nitrogens with zero attached hydrogens (tertiary/aromatic N) is 1. The highest BCUT2D eigenvalue weighted by Crippen LogP contribution is 2.17. The molecule has 1 heterocycles. The Hall–Kier alpha value is -1.55. The molecule has 2 rings (SSSR count). The minimum Gasteiger partial charge on any atom is -0.508 e. The number of hydrogen-bond donors (Lipinski definition) is 2. The number of phenolic OH excluding ortho intramolecular Hbond substituents is 1. The summed E-state index contributed by atoms with van der Waals surface area (Å²) in [5.41, 5.74) is 0.831. The van der Waals surface area contributed by atoms with E-state index in [1.54, 1.807) is 12.1 Å². The molecule has 1 fully saturated rings. The third kappa shape index (κ3) is 3.97. The van der Waals surface area contributed by atoms with Gasteiger partial charge in [0, 0.05) is 31.6 Å². The molecule has 4 nitrogen and oxygen atoms in total. The Kier molecular flexibility index (Phi) is 5.01. The van der Waals surface area contributed by atoms with E-state index in [0.29, 0.717) is 18.9 Å². The predicted molar refractivity (Wildman–Crippen MR) is 79.7 cm³/mol. The Morgan fingerprint density at radius 1 is 1.45 bits per heavy atom. The number of phenols is 1. The largest absolute Gasteiger partial charge is 0.508 e. The number of nitrogens with one attached hydrogen (secondary N) is 1. The number of likely N-dealkylation sites (tertiary alicyclic amines) is 1. The highest BCUT2D eigenvalue weighted by atomic mass is 16.3. The van der Waals surface area contributed by atoms with Gasteiger partial charge in [-0.15, -0.1) is 0 Å². The molecule has 0 bridgehead atoms. The molecular weight excluding hydrogens is 252 g/mol. The van der Waals surface area contributed by atoms with E-state index in [4.69, 9.17) is 0 Å². The van der Waals surface area contributed by atoms with Gasteiger partial charge in [0.25, 0.3) is 0 Å². The molecule has 20 heavy (non-hydrogen) atoms. The van der Waals surface area contributed by atoms with Gasteiger partial charge in [0.15, 0.2) is 0 Å². The quantitative estimate of drug-likeness (QED) is 0.864. The van der Waals surface area contributed by atoms with E-state index < -0.39 is 0 Å². The minimum atomic E-state index is 0.0730. The van der Waals surface area contributed by atoms with Gasteiger partial charge in [-0.25, -0.2) is 0 Å². The lowest BCUT2D eigenvalue weighted by molar-refractivity contribution is -0.121. The first-order chi connectivity index (χ1) is 9.56. The van der Waals surface area contributed by atoms with Gasteiger partial charge in [0.2, 0.25) is 5.91 Å². The molecule has 1 unspecified atom stereocenters. The third-order valence-electron chi connectivity index (χ3n) is 3.93. The van der Waals surface area contributed by atoms with Crippen LogP contribution in [0.1, 0.15) is 32.3 Å². The molecular formula is C16H24N2O2. The van der Waals surface area contributed by atoms with Gasteiger partial charge in [-0.3, -0.25) is 9.69 Å². The van der Waals surface area contributed by atoms with Crippen molar-refractivity contribution in [3.8, 4) is 5.75 Å². The predicted octanol–water partition coefficient (Wildman–Crippen LogP) is 1.92. The molecule has 1 amide bonds. The SMILES string of the molecule is CC(C)N1CCC(NC(=O)CCc2ccccc2O)C1. The molecule has 0 spiro atoms. The molecule has 110 valence electrons. The molecule has 1 aromatic carbocycles. The average molecular weight is 276 g/mol. The fourth-order valence-corrected chi connectivity index (χ4v) is 2.64. The summed E-state index contributed by atoms with van der Waals surface area (Å²) in [6.07, 6.45) is 2.04. The van der Waals surface area contributed by atoms with Gasteiger partial charge < -0.3 is 10.4 Å². The first-order valence-electron chi connectivity index (χ1n) is 7.36. The Bertz CT molecular complexity index is 460. The summed E-state index contributed by atoms with van der Waals surface area (Å²) < 4.78 is 0. The van der Waals surface area contributed by atoms with E-state index >= 15 is 0 Å². The standard InChI is InChI=1S/C16H24N2O2/c1-12(2)18-10-9-14(11-18)17-16(20)8-7-13-5-3-4-6-15(13)19/h3-6,12,14,19H,7-11H2,1-2H3,(H,17,20). The lowest BCUT2D eigenvalue weighted by atomic mass is 10.1. The van der Waals surface area contributed by atoms with E-state index in [0.717, 1.165) is 25.1 Å². The number of aryl methyl sites for hydroxylation is 1. The van der Waals surface area contributed by atoms with Crippen molar-refractivity contribution >= 4 is 5.91 Å². The van der Waals surface area contributed by atoms with Crippen molar-refractivity contribution in [2.75, 3.05) is 13.1 Å². The Morgan fingerprint density at radius 3 is 2.85 bits per heavy atom. The average Bonchev–Trinajstić information content (AvgIpc) is 2.86. The molecule has 0 radical (unpaired) electrons. The summed E-state index contributed by atoms with van der Waals surface area (Å²) >= 11 is 0. The lowest BCUT2D eigenvalue weighted by Gasteiger charge is -2.20. The number of para-hydroxylation sites is 1. The third-order valence-corrected chi connectivity index (χ3v) is 3.93. The fraction of sp³-hybridized carbons (Fsp3) is 0.562. The summed E-state index contributed by atoms with van der Waals surface area (Å²) in [5.74, 6) is 0.344. The number of aromatic hydroxyl groups is 1. The molecule has 4 heteroatoms. The molecule has 1 atom stereocenters. The summed E-state index contributed by atoms with van der Waals surface area (Å²) in [4.78, 5) is 14.3. The van der Waals surface area contributed by atoms with Crippen molar-refractivity contribution in [3.63, 3.8) is 0 Å². The van der Waals surface area contributed by atoms with E-state index in [2.05, 4.69) is 24.1 Å². The van der Waals surface area contributed by atoms with Gasteiger partial charge in [-0.2, -0.15) is 0 Å². The molecule has 0 aliphatic carbocycles. The van der Waals surface area contributed by atoms with Gasteiger partial charge in [0.05, 0.1) is 0 Å². The molecule has 1 aliphatic rings. The monoisotopic (exact) mass is 276 g/mol. The van der Waals surface area contributed by atoms with Crippen molar-refractivity contribution in [2.24, 2.45) is 0 Å². The van der Waals surface area contributed by atoms with Crippen molar-refractivity contribution in [1.82, 2.24) is 10.2 Å². The number of amides is 1. The number of hydrogen-bond acceptors (Lipinski definition) is 3. The normalized spacial score (nSPS) is 19.4. The second-order valence-electron chi connectivity index (χ2n) is 5.77. The lowest BCUT2D eigenvalue weighted by Crippen LogP contribution is -2.38. The van der Waals surface area contributed by atoms with Crippen LogP contribution in [0.2, 0.25) is 0 Å². The van der Waals surface area contributed by atoms with Crippen LogP contribution in [0.4, 0.5) is 0 Å². The molecule has 1 aliphatic heterocycles. The first-order valence-corrected chi connectivity index (χ1v) is 7.36. The van der Waals surface area contributed by atoms with Crippen LogP contribution < -0.4 is 5.32 Å². The number of rotatable bonds is 5. The van der Waals surface area contributed by atoms with E-state index in [-0.39, 0.29) is 17.7 Å². The zero-order chi connectivity index (χ0) is 14.5. The zero-order valence-electron chi connectivity index (χ0n) is 12.3. The second-order valence-corrected chi connectivity index (χ2v) is 5.77. The van der Waals surface area contributed by atoms with Crippen LogP contribution in [0, 0.1) is 0 Å². The first kappa shape index (κ1) is 14.9. The van der Waals surface area contributed by atoms with E-state index in [1.165, 1.54) is 0 Å². The van der Waals surface area contributed by atoms with Crippen molar-refractivity contribution in [3.05, 3.63) is 29.8 Å². The van der Waals surface area contributed by atoms with Crippen LogP contribution in [0.15, 0.2) is 24.3 Å².